The first kappa shape index (κ1) is 21.9. The summed E-state index contributed by atoms with van der Waals surface area (Å²) in [5.74, 6) is -0.0260. The summed E-state index contributed by atoms with van der Waals surface area (Å²) in [6.45, 7) is 9.89. The first-order valence-corrected chi connectivity index (χ1v) is 10.8. The van der Waals surface area contributed by atoms with Crippen LogP contribution in [0.2, 0.25) is 0 Å². The van der Waals surface area contributed by atoms with E-state index in [9.17, 15) is 4.79 Å². The van der Waals surface area contributed by atoms with E-state index < -0.39 is 17.3 Å². The van der Waals surface area contributed by atoms with E-state index >= 15 is 0 Å². The molecule has 3 heterocycles. The zero-order valence-electron chi connectivity index (χ0n) is 19.1. The summed E-state index contributed by atoms with van der Waals surface area (Å²) in [5.41, 5.74) is 9.39. The Morgan fingerprint density at radius 3 is 2.68 bits per heavy atom. The van der Waals surface area contributed by atoms with Gasteiger partial charge in [-0.25, -0.2) is 0 Å². The van der Waals surface area contributed by atoms with Gasteiger partial charge in [-0.3, -0.25) is 19.6 Å². The second-order valence-electron chi connectivity index (χ2n) is 9.42. The van der Waals surface area contributed by atoms with E-state index in [1.807, 2.05) is 49.5 Å². The molecule has 2 aliphatic heterocycles. The average molecular weight is 424 g/mol. The second kappa shape index (κ2) is 7.98. The van der Waals surface area contributed by atoms with Gasteiger partial charge in [-0.2, -0.15) is 0 Å². The second-order valence-corrected chi connectivity index (χ2v) is 9.42. The minimum absolute atomic E-state index is 0.0260. The van der Waals surface area contributed by atoms with Crippen LogP contribution in [0.1, 0.15) is 33.3 Å². The van der Waals surface area contributed by atoms with Gasteiger partial charge in [-0.15, -0.1) is 0 Å². The Labute approximate surface area is 184 Å². The molecule has 1 aromatic carbocycles. The Bertz CT molecular complexity index is 964. The van der Waals surface area contributed by atoms with Crippen LogP contribution in [-0.2, 0) is 14.9 Å². The number of amides is 1. The number of fused-ring (bicyclic) bond motifs is 1. The fourth-order valence-electron chi connectivity index (χ4n) is 4.56. The molecular weight excluding hydrogens is 390 g/mol. The number of anilines is 1. The van der Waals surface area contributed by atoms with Crippen LogP contribution in [0.15, 0.2) is 42.6 Å². The van der Waals surface area contributed by atoms with Crippen molar-refractivity contribution in [2.75, 3.05) is 31.6 Å². The van der Waals surface area contributed by atoms with Gasteiger partial charge < -0.3 is 15.8 Å². The highest BCUT2D eigenvalue weighted by Crippen LogP contribution is 2.44. The number of ether oxygens (including phenoxy) is 1. The molecule has 31 heavy (non-hydrogen) atoms. The predicted octanol–water partition coefficient (Wildman–Crippen LogP) is 2.31. The highest BCUT2D eigenvalue weighted by atomic mass is 16.5. The third kappa shape index (κ3) is 3.76. The van der Waals surface area contributed by atoms with E-state index in [0.717, 1.165) is 29.1 Å². The Kier molecular flexibility index (Phi) is 5.64. The lowest BCUT2D eigenvalue weighted by molar-refractivity contribution is -0.150. The van der Waals surface area contributed by atoms with Gasteiger partial charge in [-0.1, -0.05) is 44.2 Å². The molecule has 0 bridgehead atoms. The number of nitrogens with one attached hydrogen (secondary N) is 1. The molecule has 1 saturated heterocycles. The molecule has 1 unspecified atom stereocenters. The zero-order chi connectivity index (χ0) is 22.4. The van der Waals surface area contributed by atoms with Crippen LogP contribution >= 0.6 is 0 Å². The molecule has 3 N–H and O–H groups in total. The minimum atomic E-state index is -0.544. The fraction of sp³-hybridized carbons (Fsp3) is 0.500. The summed E-state index contributed by atoms with van der Waals surface area (Å²) >= 11 is 0. The van der Waals surface area contributed by atoms with Gasteiger partial charge in [0.1, 0.15) is 5.72 Å². The van der Waals surface area contributed by atoms with Gasteiger partial charge in [-0.05, 0) is 19.9 Å². The predicted molar refractivity (Wildman–Crippen MR) is 123 cm³/mol. The topological polar surface area (TPSA) is 83.7 Å². The monoisotopic (exact) mass is 423 g/mol. The van der Waals surface area contributed by atoms with Crippen LogP contribution < -0.4 is 16.0 Å². The van der Waals surface area contributed by atoms with Gasteiger partial charge in [0.05, 0.1) is 24.1 Å². The number of carbonyl (C=O) groups excluding carboxylic acids is 1. The van der Waals surface area contributed by atoms with Crippen molar-refractivity contribution in [3.8, 4) is 11.3 Å². The number of piperazine rings is 1. The van der Waals surface area contributed by atoms with Crippen LogP contribution in [0.4, 0.5) is 5.69 Å². The van der Waals surface area contributed by atoms with Crippen molar-refractivity contribution in [3.63, 3.8) is 0 Å². The van der Waals surface area contributed by atoms with E-state index in [1.54, 1.807) is 12.0 Å². The highest BCUT2D eigenvalue weighted by molar-refractivity contribution is 5.99. The van der Waals surface area contributed by atoms with Crippen molar-refractivity contribution in [1.29, 1.82) is 0 Å². The summed E-state index contributed by atoms with van der Waals surface area (Å²) in [5, 5.41) is 3.43. The summed E-state index contributed by atoms with van der Waals surface area (Å²) in [4.78, 5) is 22.2. The third-order valence-electron chi connectivity index (χ3n) is 6.90. The van der Waals surface area contributed by atoms with E-state index in [-0.39, 0.29) is 18.5 Å². The summed E-state index contributed by atoms with van der Waals surface area (Å²) < 4.78 is 5.77. The van der Waals surface area contributed by atoms with E-state index in [1.165, 1.54) is 0 Å². The van der Waals surface area contributed by atoms with Crippen LogP contribution in [0.25, 0.3) is 11.3 Å². The number of pyridine rings is 1. The number of carbonyl (C=O) groups is 1. The Morgan fingerprint density at radius 1 is 1.29 bits per heavy atom. The maximum atomic E-state index is 13.6. The van der Waals surface area contributed by atoms with E-state index in [2.05, 4.69) is 36.0 Å². The number of nitrogens with two attached hydrogens (primary N) is 1. The van der Waals surface area contributed by atoms with Gasteiger partial charge in [0.15, 0.2) is 0 Å². The summed E-state index contributed by atoms with van der Waals surface area (Å²) in [6.07, 6.45) is 1.41. The fourth-order valence-corrected chi connectivity index (χ4v) is 4.56. The number of rotatable bonds is 4. The molecule has 3 atom stereocenters. The molecule has 0 aliphatic carbocycles. The third-order valence-corrected chi connectivity index (χ3v) is 6.90. The Hall–Kier alpha value is -2.32. The molecular formula is C24H33N5O2. The summed E-state index contributed by atoms with van der Waals surface area (Å²) in [6, 6.07) is 12.3. The van der Waals surface area contributed by atoms with Crippen molar-refractivity contribution < 1.29 is 9.53 Å². The molecule has 7 nitrogen and oxygen atoms in total. The van der Waals surface area contributed by atoms with Crippen molar-refractivity contribution >= 4 is 11.6 Å². The van der Waals surface area contributed by atoms with Gasteiger partial charge in [0.2, 0.25) is 5.91 Å². The lowest BCUT2D eigenvalue weighted by atomic mass is 9.85. The quantitative estimate of drug-likeness (QED) is 0.785. The number of benzene rings is 1. The van der Waals surface area contributed by atoms with Gasteiger partial charge in [0.25, 0.3) is 0 Å². The molecule has 1 fully saturated rings. The largest absolute Gasteiger partial charge is 0.363 e. The van der Waals surface area contributed by atoms with Crippen molar-refractivity contribution in [2.45, 2.75) is 51.0 Å². The van der Waals surface area contributed by atoms with Crippen molar-refractivity contribution in [2.24, 2.45) is 5.73 Å². The van der Waals surface area contributed by atoms with Crippen LogP contribution in [0.5, 0.6) is 0 Å². The lowest BCUT2D eigenvalue weighted by Crippen LogP contribution is -2.65. The van der Waals surface area contributed by atoms with Crippen molar-refractivity contribution in [3.05, 3.63) is 48.2 Å². The molecule has 166 valence electrons. The van der Waals surface area contributed by atoms with Crippen LogP contribution in [0.3, 0.4) is 0 Å². The molecule has 0 radical (unpaired) electrons. The standard InChI is InChI=1S/C24H33N5O2/c1-16-13-28(24(4,31-5)15-27-16)14-21(30)29-20-11-19(17-9-7-6-8-10-17)26-12-18(20)23(2,3)22(29)25/h6-12,16,22,27H,13-15,25H2,1-5H3/t16-,22?,24-/m1/s1. The maximum absolute atomic E-state index is 13.6. The lowest BCUT2D eigenvalue weighted by Gasteiger charge is -2.46. The van der Waals surface area contributed by atoms with Crippen LogP contribution in [0, 0.1) is 0 Å². The maximum Gasteiger partial charge on any atom is 0.242 e. The first-order chi connectivity index (χ1) is 14.7. The molecule has 1 amide bonds. The molecule has 7 heteroatoms. The number of hydrogen-bond donors (Lipinski definition) is 2. The first-order valence-electron chi connectivity index (χ1n) is 10.8. The van der Waals surface area contributed by atoms with Crippen LogP contribution in [-0.4, -0.2) is 60.5 Å². The number of hydrogen-bond acceptors (Lipinski definition) is 6. The average Bonchev–Trinajstić information content (AvgIpc) is 2.96. The number of nitrogens with zero attached hydrogens (tertiary/aromatic N) is 3. The normalized spacial score (nSPS) is 27.9. The van der Waals surface area contributed by atoms with E-state index in [4.69, 9.17) is 10.5 Å². The molecule has 0 spiro atoms. The number of aromatic nitrogens is 1. The van der Waals surface area contributed by atoms with E-state index in [0.29, 0.717) is 6.54 Å². The molecule has 2 aromatic rings. The molecule has 4 rings (SSSR count). The number of methoxy groups -OCH3 is 1. The van der Waals surface area contributed by atoms with Crippen molar-refractivity contribution in [1.82, 2.24) is 15.2 Å². The smallest absolute Gasteiger partial charge is 0.242 e. The Morgan fingerprint density at radius 2 is 2.00 bits per heavy atom. The van der Waals surface area contributed by atoms with Gasteiger partial charge in [0, 0.05) is 49.0 Å². The summed E-state index contributed by atoms with van der Waals surface area (Å²) in [7, 11) is 1.69. The Balaban J connectivity index is 1.68. The highest BCUT2D eigenvalue weighted by Gasteiger charge is 2.47. The van der Waals surface area contributed by atoms with Gasteiger partial charge >= 0.3 is 0 Å². The SMILES string of the molecule is CO[C@]1(C)CN[C@H](C)CN1CC(=O)N1c2cc(-c3ccccc3)ncc2C(C)(C)C1N. The molecule has 2 aliphatic rings. The minimum Gasteiger partial charge on any atom is -0.363 e. The molecule has 1 aromatic heterocycles. The molecule has 0 saturated carbocycles. The zero-order valence-corrected chi connectivity index (χ0v) is 19.1.